The predicted octanol–water partition coefficient (Wildman–Crippen LogP) is 0.295. The molecule has 0 heterocycles. The molecule has 12 heavy (non-hydrogen) atoms. The zero-order valence-corrected chi connectivity index (χ0v) is 7.10. The van der Waals surface area contributed by atoms with Gasteiger partial charge in [0.15, 0.2) is 0 Å². The Labute approximate surface area is 69.7 Å². The van der Waals surface area contributed by atoms with Crippen molar-refractivity contribution in [1.29, 1.82) is 0 Å². The van der Waals surface area contributed by atoms with Crippen LogP contribution in [0.1, 0.15) is 12.8 Å². The smallest absolute Gasteiger partial charge is 0.249 e. The highest BCUT2D eigenvalue weighted by Crippen LogP contribution is 2.42. The fourth-order valence-corrected chi connectivity index (χ4v) is 1.20. The second-order valence-electron chi connectivity index (χ2n) is 3.19. The van der Waals surface area contributed by atoms with E-state index in [9.17, 15) is 13.6 Å². The van der Waals surface area contributed by atoms with Gasteiger partial charge in [0, 0.05) is 32.9 Å². The molecule has 0 bridgehead atoms. The summed E-state index contributed by atoms with van der Waals surface area (Å²) in [5.41, 5.74) is 0. The van der Waals surface area contributed by atoms with E-state index in [4.69, 9.17) is 0 Å². The van der Waals surface area contributed by atoms with Crippen molar-refractivity contribution in [1.82, 2.24) is 4.90 Å². The summed E-state index contributed by atoms with van der Waals surface area (Å²) >= 11 is 0. The third kappa shape index (κ3) is 2.14. The number of hydrogen-bond donors (Lipinski definition) is 0. The molecule has 0 spiro atoms. The van der Waals surface area contributed by atoms with Crippen molar-refractivity contribution in [3.8, 4) is 0 Å². The van der Waals surface area contributed by atoms with Crippen molar-refractivity contribution in [2.24, 2.45) is 5.92 Å². The lowest BCUT2D eigenvalue weighted by Crippen LogP contribution is -2.44. The van der Waals surface area contributed by atoms with E-state index in [0.29, 0.717) is 0 Å². The minimum atomic E-state index is -2.59. The molecule has 0 aromatic heterocycles. The Bertz CT molecular complexity index is 174. The first kappa shape index (κ1) is 11.3. The molecular formula is C7H13F2NO2. The molecule has 1 fully saturated rings. The minimum absolute atomic E-state index is 0. The molecule has 1 aliphatic carbocycles. The zero-order valence-electron chi connectivity index (χ0n) is 7.10. The van der Waals surface area contributed by atoms with Crippen molar-refractivity contribution < 1.29 is 19.1 Å². The molecule has 1 aliphatic rings. The summed E-state index contributed by atoms with van der Waals surface area (Å²) in [6, 6.07) is 0. The number of carbonyl (C=O) groups is 1. The van der Waals surface area contributed by atoms with Gasteiger partial charge in [0.1, 0.15) is 0 Å². The van der Waals surface area contributed by atoms with Crippen molar-refractivity contribution in [3.63, 3.8) is 0 Å². The molecule has 5 heteroatoms. The number of alkyl halides is 2. The third-order valence-electron chi connectivity index (χ3n) is 1.88. The number of halogens is 2. The van der Waals surface area contributed by atoms with E-state index in [-0.39, 0.29) is 24.2 Å². The number of rotatable bonds is 1. The topological polar surface area (TPSA) is 51.8 Å². The Morgan fingerprint density at radius 2 is 1.83 bits per heavy atom. The molecule has 0 aromatic rings. The van der Waals surface area contributed by atoms with E-state index < -0.39 is 11.8 Å². The van der Waals surface area contributed by atoms with E-state index >= 15 is 0 Å². The Balaban J connectivity index is 0.00000121. The fourth-order valence-electron chi connectivity index (χ4n) is 1.20. The van der Waals surface area contributed by atoms with E-state index in [1.165, 1.54) is 4.90 Å². The average Bonchev–Trinajstić information content (AvgIpc) is 1.80. The molecule has 3 nitrogen and oxygen atoms in total. The SMILES string of the molecule is CN(C)C(=O)C1CC(F)(F)C1.O. The molecule has 2 N–H and O–H groups in total. The highest BCUT2D eigenvalue weighted by Gasteiger charge is 2.48. The Morgan fingerprint density at radius 1 is 1.42 bits per heavy atom. The summed E-state index contributed by atoms with van der Waals surface area (Å²) in [6.45, 7) is 0. The standard InChI is InChI=1S/C7H11F2NO.H2O/c1-10(2)6(11)5-3-7(8,9)4-5;/h5H,3-4H2,1-2H3;1H2. The Hall–Kier alpha value is -0.710. The second kappa shape index (κ2) is 3.35. The number of amides is 1. The maximum atomic E-state index is 12.2. The van der Waals surface area contributed by atoms with Crippen LogP contribution >= 0.6 is 0 Å². The largest absolute Gasteiger partial charge is 0.412 e. The van der Waals surface area contributed by atoms with Gasteiger partial charge >= 0.3 is 0 Å². The number of hydrogen-bond acceptors (Lipinski definition) is 1. The van der Waals surface area contributed by atoms with Crippen LogP contribution in [0.3, 0.4) is 0 Å². The van der Waals surface area contributed by atoms with Crippen LogP contribution < -0.4 is 0 Å². The summed E-state index contributed by atoms with van der Waals surface area (Å²) in [4.78, 5) is 12.4. The molecule has 1 amide bonds. The lowest BCUT2D eigenvalue weighted by Gasteiger charge is -2.35. The van der Waals surface area contributed by atoms with Gasteiger partial charge in [-0.1, -0.05) is 0 Å². The Kier molecular flexibility index (Phi) is 3.15. The molecule has 0 aromatic carbocycles. The van der Waals surface area contributed by atoms with Gasteiger partial charge in [-0.05, 0) is 0 Å². The number of carbonyl (C=O) groups excluding carboxylic acids is 1. The van der Waals surface area contributed by atoms with E-state index in [2.05, 4.69) is 0 Å². The molecular weight excluding hydrogens is 168 g/mol. The van der Waals surface area contributed by atoms with Crippen LogP contribution in [-0.4, -0.2) is 36.3 Å². The Morgan fingerprint density at radius 3 is 2.08 bits per heavy atom. The molecule has 0 radical (unpaired) electrons. The van der Waals surface area contributed by atoms with Crippen molar-refractivity contribution in [2.75, 3.05) is 14.1 Å². The molecule has 1 rings (SSSR count). The van der Waals surface area contributed by atoms with Gasteiger partial charge in [-0.15, -0.1) is 0 Å². The maximum Gasteiger partial charge on any atom is 0.249 e. The maximum absolute atomic E-state index is 12.2. The van der Waals surface area contributed by atoms with E-state index in [1.54, 1.807) is 14.1 Å². The summed E-state index contributed by atoms with van der Waals surface area (Å²) < 4.78 is 24.5. The van der Waals surface area contributed by atoms with Gasteiger partial charge in [-0.3, -0.25) is 4.79 Å². The first-order valence-corrected chi connectivity index (χ1v) is 3.51. The minimum Gasteiger partial charge on any atom is -0.412 e. The monoisotopic (exact) mass is 181 g/mol. The van der Waals surface area contributed by atoms with Crippen LogP contribution in [-0.2, 0) is 4.79 Å². The predicted molar refractivity (Wildman–Crippen MR) is 40.0 cm³/mol. The van der Waals surface area contributed by atoms with Crippen LogP contribution in [0.4, 0.5) is 8.78 Å². The van der Waals surface area contributed by atoms with Crippen LogP contribution in [0.5, 0.6) is 0 Å². The highest BCUT2D eigenvalue weighted by atomic mass is 19.3. The van der Waals surface area contributed by atoms with Crippen LogP contribution in [0.15, 0.2) is 0 Å². The lowest BCUT2D eigenvalue weighted by molar-refractivity contribution is -0.157. The fraction of sp³-hybridized carbons (Fsp3) is 0.857. The molecule has 0 saturated heterocycles. The van der Waals surface area contributed by atoms with Gasteiger partial charge in [0.2, 0.25) is 11.8 Å². The highest BCUT2D eigenvalue weighted by molar-refractivity contribution is 5.79. The zero-order chi connectivity index (χ0) is 8.65. The number of nitrogens with zero attached hydrogens (tertiary/aromatic N) is 1. The van der Waals surface area contributed by atoms with Crippen LogP contribution in [0.25, 0.3) is 0 Å². The summed E-state index contributed by atoms with van der Waals surface area (Å²) in [5, 5.41) is 0. The second-order valence-corrected chi connectivity index (χ2v) is 3.19. The van der Waals surface area contributed by atoms with Crippen molar-refractivity contribution in [3.05, 3.63) is 0 Å². The quantitative estimate of drug-likeness (QED) is 0.573. The van der Waals surface area contributed by atoms with E-state index in [1.807, 2.05) is 0 Å². The van der Waals surface area contributed by atoms with Crippen LogP contribution in [0, 0.1) is 5.92 Å². The van der Waals surface area contributed by atoms with E-state index in [0.717, 1.165) is 0 Å². The first-order valence-electron chi connectivity index (χ1n) is 3.51. The summed E-state index contributed by atoms with van der Waals surface area (Å²) in [7, 11) is 3.16. The van der Waals surface area contributed by atoms with Gasteiger partial charge in [-0.2, -0.15) is 0 Å². The van der Waals surface area contributed by atoms with Gasteiger partial charge in [0.25, 0.3) is 0 Å². The normalized spacial score (nSPS) is 20.7. The molecule has 0 atom stereocenters. The van der Waals surface area contributed by atoms with Gasteiger partial charge in [0.05, 0.1) is 0 Å². The molecule has 0 unspecified atom stereocenters. The van der Waals surface area contributed by atoms with Crippen molar-refractivity contribution >= 4 is 5.91 Å². The molecule has 0 aliphatic heterocycles. The lowest BCUT2D eigenvalue weighted by atomic mass is 9.80. The van der Waals surface area contributed by atoms with Gasteiger partial charge in [-0.25, -0.2) is 8.78 Å². The van der Waals surface area contributed by atoms with Gasteiger partial charge < -0.3 is 10.4 Å². The summed E-state index contributed by atoms with van der Waals surface area (Å²) in [6.07, 6.45) is -0.548. The third-order valence-corrected chi connectivity index (χ3v) is 1.88. The van der Waals surface area contributed by atoms with Crippen molar-refractivity contribution in [2.45, 2.75) is 18.8 Å². The summed E-state index contributed by atoms with van der Waals surface area (Å²) in [5.74, 6) is -3.22. The molecule has 72 valence electrons. The van der Waals surface area contributed by atoms with Crippen LogP contribution in [0.2, 0.25) is 0 Å². The average molecular weight is 181 g/mol. The molecule has 1 saturated carbocycles. The first-order chi connectivity index (χ1) is 4.92.